The summed E-state index contributed by atoms with van der Waals surface area (Å²) in [4.78, 5) is 29.5. The normalized spacial score (nSPS) is 11.8. The fraction of sp³-hybridized carbons (Fsp3) is 0.257. The number of hydrogen-bond acceptors (Lipinski definition) is 5. The van der Waals surface area contributed by atoms with Gasteiger partial charge in [-0.05, 0) is 78.2 Å². The van der Waals surface area contributed by atoms with E-state index in [0.717, 1.165) is 34.8 Å². The van der Waals surface area contributed by atoms with E-state index in [2.05, 4.69) is 5.32 Å². The minimum Gasteiger partial charge on any atom is -0.497 e. The van der Waals surface area contributed by atoms with Crippen molar-refractivity contribution in [3.63, 3.8) is 0 Å². The van der Waals surface area contributed by atoms with Crippen molar-refractivity contribution >= 4 is 39.1 Å². The van der Waals surface area contributed by atoms with Crippen LogP contribution in [-0.4, -0.2) is 51.4 Å². The van der Waals surface area contributed by atoms with Gasteiger partial charge in [0.25, 0.3) is 10.0 Å². The number of sulfonamides is 1. The molecule has 0 aliphatic rings. The van der Waals surface area contributed by atoms with Crippen molar-refractivity contribution in [2.75, 3.05) is 24.5 Å². The zero-order valence-electron chi connectivity index (χ0n) is 25.7. The van der Waals surface area contributed by atoms with Gasteiger partial charge in [-0.15, -0.1) is 0 Å². The number of ether oxygens (including phenoxy) is 1. The first-order chi connectivity index (χ1) is 22.1. The first-order valence-electron chi connectivity index (χ1n) is 14.9. The SMILES string of the molecule is CCCCNC(=O)[C@@H](Cc1ccccc1)N(Cc1cccc(Cl)c1)C(=O)CN(c1ccc(F)cc1)S(=O)(=O)c1ccc(OC)cc1. The van der Waals surface area contributed by atoms with Crippen LogP contribution in [0.5, 0.6) is 5.75 Å². The van der Waals surface area contributed by atoms with E-state index in [1.165, 1.54) is 48.4 Å². The second kappa shape index (κ2) is 16.2. The van der Waals surface area contributed by atoms with Crippen LogP contribution in [0.15, 0.2) is 108 Å². The number of methoxy groups -OCH3 is 1. The average molecular weight is 666 g/mol. The molecule has 0 spiro atoms. The van der Waals surface area contributed by atoms with Crippen molar-refractivity contribution < 1.29 is 27.1 Å². The Morgan fingerprint density at radius 3 is 2.22 bits per heavy atom. The highest BCUT2D eigenvalue weighted by Crippen LogP contribution is 2.27. The smallest absolute Gasteiger partial charge is 0.264 e. The Morgan fingerprint density at radius 2 is 1.59 bits per heavy atom. The number of nitrogens with one attached hydrogen (secondary N) is 1. The molecule has 2 amide bonds. The number of amides is 2. The molecule has 11 heteroatoms. The Kier molecular flexibility index (Phi) is 12.2. The molecule has 1 N–H and O–H groups in total. The third kappa shape index (κ3) is 9.08. The van der Waals surface area contributed by atoms with Crippen LogP contribution in [0.2, 0.25) is 5.02 Å². The molecule has 0 fully saturated rings. The standard InChI is InChI=1S/C35H37ClFN3O5S/c1-3-4-21-38-35(42)33(23-26-9-6-5-7-10-26)39(24-27-11-8-12-28(36)22-27)34(41)25-40(30-15-13-29(37)14-16-30)46(43,44)32-19-17-31(45-2)18-20-32/h5-20,22,33H,3-4,21,23-25H2,1-2H3,(H,38,42)/t33-/m1/s1. The van der Waals surface area contributed by atoms with Crippen molar-refractivity contribution in [1.82, 2.24) is 10.2 Å². The van der Waals surface area contributed by atoms with Gasteiger partial charge < -0.3 is 15.0 Å². The van der Waals surface area contributed by atoms with Crippen molar-refractivity contribution in [2.45, 2.75) is 43.7 Å². The maximum Gasteiger partial charge on any atom is 0.264 e. The van der Waals surface area contributed by atoms with Crippen LogP contribution in [-0.2, 0) is 32.6 Å². The Balaban J connectivity index is 1.78. The lowest BCUT2D eigenvalue weighted by Crippen LogP contribution is -2.53. The van der Waals surface area contributed by atoms with E-state index in [-0.39, 0.29) is 29.5 Å². The first kappa shape index (κ1) is 34.5. The van der Waals surface area contributed by atoms with Gasteiger partial charge in [-0.25, -0.2) is 12.8 Å². The quantitative estimate of drug-likeness (QED) is 0.152. The summed E-state index contributed by atoms with van der Waals surface area (Å²) < 4.78 is 48.2. The molecule has 0 unspecified atom stereocenters. The molecule has 0 aliphatic heterocycles. The molecule has 0 radical (unpaired) electrons. The van der Waals surface area contributed by atoms with Crippen molar-refractivity contribution in [3.8, 4) is 5.75 Å². The molecular formula is C35H37ClFN3O5S. The molecule has 0 aliphatic carbocycles. The van der Waals surface area contributed by atoms with Crippen LogP contribution in [0.4, 0.5) is 10.1 Å². The largest absolute Gasteiger partial charge is 0.497 e. The summed E-state index contributed by atoms with van der Waals surface area (Å²) >= 11 is 6.28. The Labute approximate surface area is 274 Å². The lowest BCUT2D eigenvalue weighted by atomic mass is 10.0. The lowest BCUT2D eigenvalue weighted by molar-refractivity contribution is -0.140. The van der Waals surface area contributed by atoms with Crippen molar-refractivity contribution in [1.29, 1.82) is 0 Å². The minimum absolute atomic E-state index is 0.0159. The van der Waals surface area contributed by atoms with Crippen LogP contribution >= 0.6 is 11.6 Å². The van der Waals surface area contributed by atoms with Crippen LogP contribution in [0.1, 0.15) is 30.9 Å². The Hall–Kier alpha value is -4.41. The van der Waals surface area contributed by atoms with E-state index in [0.29, 0.717) is 22.9 Å². The molecule has 4 rings (SSSR count). The van der Waals surface area contributed by atoms with Crippen LogP contribution in [0.25, 0.3) is 0 Å². The van der Waals surface area contributed by atoms with Gasteiger partial charge in [0.15, 0.2) is 0 Å². The fourth-order valence-corrected chi connectivity index (χ4v) is 6.53. The predicted octanol–water partition coefficient (Wildman–Crippen LogP) is 6.24. The van der Waals surface area contributed by atoms with Crippen LogP contribution < -0.4 is 14.4 Å². The second-order valence-electron chi connectivity index (χ2n) is 10.7. The highest BCUT2D eigenvalue weighted by Gasteiger charge is 2.34. The maximum absolute atomic E-state index is 14.4. The summed E-state index contributed by atoms with van der Waals surface area (Å²) in [5, 5.41) is 3.40. The fourth-order valence-electron chi connectivity index (χ4n) is 4.90. The lowest BCUT2D eigenvalue weighted by Gasteiger charge is -2.34. The van der Waals surface area contributed by atoms with Gasteiger partial charge in [0.05, 0.1) is 17.7 Å². The van der Waals surface area contributed by atoms with E-state index in [1.54, 1.807) is 24.3 Å². The molecule has 0 aromatic heterocycles. The monoisotopic (exact) mass is 665 g/mol. The molecule has 1 atom stereocenters. The molecule has 242 valence electrons. The molecule has 4 aromatic rings. The predicted molar refractivity (Wildman–Crippen MR) is 178 cm³/mol. The molecule has 4 aromatic carbocycles. The van der Waals surface area contributed by atoms with E-state index >= 15 is 0 Å². The first-order valence-corrected chi connectivity index (χ1v) is 16.7. The number of carbonyl (C=O) groups excluding carboxylic acids is 2. The van der Waals surface area contributed by atoms with Crippen molar-refractivity contribution in [3.05, 3.63) is 125 Å². The van der Waals surface area contributed by atoms with Gasteiger partial charge in [-0.2, -0.15) is 0 Å². The summed E-state index contributed by atoms with van der Waals surface area (Å²) in [6, 6.07) is 25.8. The number of carbonyl (C=O) groups is 2. The summed E-state index contributed by atoms with van der Waals surface area (Å²) in [6.45, 7) is 1.76. The number of unbranched alkanes of at least 4 members (excludes halogenated alkanes) is 1. The molecule has 0 heterocycles. The summed E-state index contributed by atoms with van der Waals surface area (Å²) in [7, 11) is -2.87. The van der Waals surface area contributed by atoms with Gasteiger partial charge >= 0.3 is 0 Å². The molecule has 0 saturated carbocycles. The number of rotatable bonds is 15. The second-order valence-corrected chi connectivity index (χ2v) is 13.0. The maximum atomic E-state index is 14.4. The van der Waals surface area contributed by atoms with E-state index in [9.17, 15) is 22.4 Å². The molecule has 8 nitrogen and oxygen atoms in total. The Bertz CT molecular complexity index is 1700. The topological polar surface area (TPSA) is 96.0 Å². The van der Waals surface area contributed by atoms with E-state index in [4.69, 9.17) is 16.3 Å². The average Bonchev–Trinajstić information content (AvgIpc) is 3.06. The molecule has 0 saturated heterocycles. The number of hydrogen-bond donors (Lipinski definition) is 1. The Morgan fingerprint density at radius 1 is 0.913 bits per heavy atom. The summed E-state index contributed by atoms with van der Waals surface area (Å²) in [6.07, 6.45) is 1.81. The minimum atomic E-state index is -4.34. The highest BCUT2D eigenvalue weighted by molar-refractivity contribution is 7.92. The summed E-state index contributed by atoms with van der Waals surface area (Å²) in [5.74, 6) is -1.10. The van der Waals surface area contributed by atoms with Gasteiger partial charge in [-0.3, -0.25) is 13.9 Å². The van der Waals surface area contributed by atoms with Crippen molar-refractivity contribution in [2.24, 2.45) is 0 Å². The number of halogens is 2. The third-order valence-electron chi connectivity index (χ3n) is 7.38. The van der Waals surface area contributed by atoms with Gasteiger partial charge in [0.1, 0.15) is 24.2 Å². The van der Waals surface area contributed by atoms with E-state index < -0.39 is 34.3 Å². The molecule has 46 heavy (non-hydrogen) atoms. The zero-order valence-corrected chi connectivity index (χ0v) is 27.3. The van der Waals surface area contributed by atoms with Gasteiger partial charge in [0.2, 0.25) is 11.8 Å². The number of anilines is 1. The number of benzene rings is 4. The number of nitrogens with zero attached hydrogens (tertiary/aromatic N) is 2. The van der Waals surface area contributed by atoms with Crippen LogP contribution in [0.3, 0.4) is 0 Å². The highest BCUT2D eigenvalue weighted by atomic mass is 35.5. The van der Waals surface area contributed by atoms with Gasteiger partial charge in [0, 0.05) is 24.5 Å². The van der Waals surface area contributed by atoms with E-state index in [1.807, 2.05) is 37.3 Å². The third-order valence-corrected chi connectivity index (χ3v) is 9.41. The molecule has 0 bridgehead atoms. The van der Waals surface area contributed by atoms with Crippen LogP contribution in [0, 0.1) is 5.82 Å². The summed E-state index contributed by atoms with van der Waals surface area (Å²) in [5.41, 5.74) is 1.56. The zero-order chi connectivity index (χ0) is 33.1. The van der Waals surface area contributed by atoms with Gasteiger partial charge in [-0.1, -0.05) is 67.4 Å². The molecular weight excluding hydrogens is 629 g/mol.